The van der Waals surface area contributed by atoms with Crippen LogP contribution in [0.2, 0.25) is 0 Å². The van der Waals surface area contributed by atoms with E-state index in [1.165, 1.54) is 16.7 Å². The molecule has 0 atom stereocenters. The Kier molecular flexibility index (Phi) is 2.74. The minimum atomic E-state index is 0.830. The lowest BCUT2D eigenvalue weighted by atomic mass is 10.1. The van der Waals surface area contributed by atoms with Crippen molar-refractivity contribution >= 4 is 27.4 Å². The normalized spacial score (nSPS) is 13.8. The van der Waals surface area contributed by atoms with Crippen molar-refractivity contribution in [3.63, 3.8) is 0 Å². The predicted octanol–water partition coefficient (Wildman–Crippen LogP) is 3.25. The van der Waals surface area contributed by atoms with Crippen LogP contribution >= 0.6 is 15.9 Å². The molecule has 0 radical (unpaired) electrons. The minimum Gasteiger partial charge on any atom is -0.399 e. The molecule has 0 unspecified atom stereocenters. The lowest BCUT2D eigenvalue weighted by molar-refractivity contribution is 0.849. The molecule has 1 aliphatic rings. The van der Waals surface area contributed by atoms with E-state index in [4.69, 9.17) is 5.73 Å². The summed E-state index contributed by atoms with van der Waals surface area (Å²) in [5.74, 6) is 1.05. The molecule has 0 amide bonds. The fraction of sp³-hybridized carbons (Fsp3) is 0.214. The second kappa shape index (κ2) is 4.28. The first-order chi connectivity index (χ1) is 8.63. The standard InChI is InChI=1S/C14H14BrN3/c1-9-4-12(15)6-17-14(9)18-7-10-2-3-13(16)5-11(10)8-18/h2-6H,7-8,16H2,1H3. The van der Waals surface area contributed by atoms with Crippen LogP contribution in [0.25, 0.3) is 0 Å². The summed E-state index contributed by atoms with van der Waals surface area (Å²) in [6.45, 7) is 3.88. The second-order valence-electron chi connectivity index (χ2n) is 4.68. The van der Waals surface area contributed by atoms with Crippen LogP contribution in [0.3, 0.4) is 0 Å². The monoisotopic (exact) mass is 303 g/mol. The number of anilines is 2. The van der Waals surface area contributed by atoms with Crippen molar-refractivity contribution in [3.8, 4) is 0 Å². The molecule has 1 aliphatic heterocycles. The molecule has 18 heavy (non-hydrogen) atoms. The number of benzene rings is 1. The van der Waals surface area contributed by atoms with E-state index < -0.39 is 0 Å². The molecule has 1 aromatic carbocycles. The first kappa shape index (κ1) is 11.5. The first-order valence-electron chi connectivity index (χ1n) is 5.88. The molecule has 3 rings (SSSR count). The summed E-state index contributed by atoms with van der Waals surface area (Å²) in [6, 6.07) is 8.23. The van der Waals surface area contributed by atoms with Gasteiger partial charge in [-0.05, 0) is 57.7 Å². The third-order valence-electron chi connectivity index (χ3n) is 3.27. The fourth-order valence-electron chi connectivity index (χ4n) is 2.43. The zero-order valence-corrected chi connectivity index (χ0v) is 11.7. The number of hydrogen-bond donors (Lipinski definition) is 1. The number of aromatic nitrogens is 1. The van der Waals surface area contributed by atoms with Crippen molar-refractivity contribution in [2.75, 3.05) is 10.6 Å². The number of fused-ring (bicyclic) bond motifs is 1. The van der Waals surface area contributed by atoms with E-state index in [1.807, 2.05) is 12.3 Å². The molecular formula is C14H14BrN3. The van der Waals surface area contributed by atoms with Gasteiger partial charge in [0.25, 0.3) is 0 Å². The van der Waals surface area contributed by atoms with E-state index in [0.29, 0.717) is 0 Å². The van der Waals surface area contributed by atoms with Crippen molar-refractivity contribution in [3.05, 3.63) is 51.6 Å². The molecule has 3 nitrogen and oxygen atoms in total. The summed E-state index contributed by atoms with van der Waals surface area (Å²) in [4.78, 5) is 6.80. The largest absolute Gasteiger partial charge is 0.399 e. The summed E-state index contributed by atoms with van der Waals surface area (Å²) in [5.41, 5.74) is 10.5. The summed E-state index contributed by atoms with van der Waals surface area (Å²) in [5, 5.41) is 0. The van der Waals surface area contributed by atoms with Crippen LogP contribution in [0.15, 0.2) is 34.9 Å². The number of rotatable bonds is 1. The Bertz CT molecular complexity index is 610. The van der Waals surface area contributed by atoms with Crippen molar-refractivity contribution in [2.24, 2.45) is 0 Å². The van der Waals surface area contributed by atoms with Crippen molar-refractivity contribution in [2.45, 2.75) is 20.0 Å². The molecule has 2 heterocycles. The van der Waals surface area contributed by atoms with E-state index >= 15 is 0 Å². The van der Waals surface area contributed by atoms with Crippen molar-refractivity contribution in [1.29, 1.82) is 0 Å². The summed E-state index contributed by atoms with van der Waals surface area (Å²) >= 11 is 3.45. The lowest BCUT2D eigenvalue weighted by Gasteiger charge is -2.18. The Labute approximate surface area is 115 Å². The number of aryl methyl sites for hydroxylation is 1. The number of nitrogens with two attached hydrogens (primary N) is 1. The highest BCUT2D eigenvalue weighted by Crippen LogP contribution is 2.30. The van der Waals surface area contributed by atoms with Gasteiger partial charge in [0.05, 0.1) is 0 Å². The Hall–Kier alpha value is -1.55. The van der Waals surface area contributed by atoms with Crippen LogP contribution < -0.4 is 10.6 Å². The molecule has 4 heteroatoms. The first-order valence-corrected chi connectivity index (χ1v) is 6.67. The van der Waals surface area contributed by atoms with Crippen molar-refractivity contribution in [1.82, 2.24) is 4.98 Å². The SMILES string of the molecule is Cc1cc(Br)cnc1N1Cc2ccc(N)cc2C1. The van der Waals surface area contributed by atoms with Crippen LogP contribution in [-0.4, -0.2) is 4.98 Å². The quantitative estimate of drug-likeness (QED) is 0.822. The van der Waals surface area contributed by atoms with Gasteiger partial charge in [-0.1, -0.05) is 6.07 Å². The molecular weight excluding hydrogens is 290 g/mol. The molecule has 0 bridgehead atoms. The minimum absolute atomic E-state index is 0.830. The summed E-state index contributed by atoms with van der Waals surface area (Å²) < 4.78 is 1.02. The van der Waals surface area contributed by atoms with Gasteiger partial charge >= 0.3 is 0 Å². The zero-order chi connectivity index (χ0) is 12.7. The van der Waals surface area contributed by atoms with Gasteiger partial charge in [-0.25, -0.2) is 4.98 Å². The molecule has 0 aliphatic carbocycles. The van der Waals surface area contributed by atoms with Gasteiger partial charge in [0.2, 0.25) is 0 Å². The average Bonchev–Trinajstić information content (AvgIpc) is 2.71. The average molecular weight is 304 g/mol. The van der Waals surface area contributed by atoms with E-state index in [-0.39, 0.29) is 0 Å². The lowest BCUT2D eigenvalue weighted by Crippen LogP contribution is -2.17. The van der Waals surface area contributed by atoms with Crippen LogP contribution in [0.5, 0.6) is 0 Å². The van der Waals surface area contributed by atoms with E-state index in [1.54, 1.807) is 0 Å². The fourth-order valence-corrected chi connectivity index (χ4v) is 2.87. The third kappa shape index (κ3) is 1.97. The molecule has 0 spiro atoms. The van der Waals surface area contributed by atoms with Gasteiger partial charge in [0.15, 0.2) is 0 Å². The van der Waals surface area contributed by atoms with Crippen LogP contribution in [0.4, 0.5) is 11.5 Å². The Morgan fingerprint density at radius 1 is 1.22 bits per heavy atom. The summed E-state index contributed by atoms with van der Waals surface area (Å²) in [6.07, 6.45) is 1.85. The maximum Gasteiger partial charge on any atom is 0.132 e. The maximum atomic E-state index is 5.82. The molecule has 92 valence electrons. The van der Waals surface area contributed by atoms with Gasteiger partial charge in [-0.3, -0.25) is 0 Å². The van der Waals surface area contributed by atoms with Crippen molar-refractivity contribution < 1.29 is 0 Å². The Morgan fingerprint density at radius 3 is 2.78 bits per heavy atom. The van der Waals surface area contributed by atoms with Gasteiger partial charge in [0, 0.05) is 29.4 Å². The third-order valence-corrected chi connectivity index (χ3v) is 3.70. The van der Waals surface area contributed by atoms with E-state index in [2.05, 4.69) is 50.9 Å². The van der Waals surface area contributed by atoms with Gasteiger partial charge in [-0.2, -0.15) is 0 Å². The second-order valence-corrected chi connectivity index (χ2v) is 5.59. The molecule has 1 aromatic heterocycles. The van der Waals surface area contributed by atoms with Gasteiger partial charge < -0.3 is 10.6 Å². The predicted molar refractivity (Wildman–Crippen MR) is 77.4 cm³/mol. The zero-order valence-electron chi connectivity index (χ0n) is 10.2. The maximum absolute atomic E-state index is 5.82. The van der Waals surface area contributed by atoms with Gasteiger partial charge in [-0.15, -0.1) is 0 Å². The molecule has 0 saturated heterocycles. The summed E-state index contributed by atoms with van der Waals surface area (Å²) in [7, 11) is 0. The molecule has 2 aromatic rings. The van der Waals surface area contributed by atoms with Crippen LogP contribution in [0, 0.1) is 6.92 Å². The highest BCUT2D eigenvalue weighted by atomic mass is 79.9. The van der Waals surface area contributed by atoms with Crippen LogP contribution in [0.1, 0.15) is 16.7 Å². The molecule has 0 saturated carbocycles. The van der Waals surface area contributed by atoms with E-state index in [0.717, 1.165) is 29.1 Å². The Balaban J connectivity index is 1.93. The topological polar surface area (TPSA) is 42.2 Å². The number of nitrogens with zero attached hydrogens (tertiary/aromatic N) is 2. The van der Waals surface area contributed by atoms with Crippen LogP contribution in [-0.2, 0) is 13.1 Å². The van der Waals surface area contributed by atoms with E-state index in [9.17, 15) is 0 Å². The number of hydrogen-bond acceptors (Lipinski definition) is 3. The highest BCUT2D eigenvalue weighted by molar-refractivity contribution is 9.10. The number of halogens is 1. The molecule has 2 N–H and O–H groups in total. The molecule has 0 fully saturated rings. The smallest absolute Gasteiger partial charge is 0.132 e. The number of nitrogen functional groups attached to an aromatic ring is 1. The Morgan fingerprint density at radius 2 is 2.00 bits per heavy atom. The highest BCUT2D eigenvalue weighted by Gasteiger charge is 2.21. The van der Waals surface area contributed by atoms with Gasteiger partial charge in [0.1, 0.15) is 5.82 Å². The number of pyridine rings is 1.